The Morgan fingerprint density at radius 1 is 0.852 bits per heavy atom. The Labute approximate surface area is 170 Å². The molecule has 146 valence electrons. The van der Waals surface area contributed by atoms with Crippen molar-refractivity contribution in [3.05, 3.63) is 59.7 Å². The van der Waals surface area contributed by atoms with E-state index in [1.807, 2.05) is 0 Å². The van der Waals surface area contributed by atoms with Gasteiger partial charge in [0.25, 0.3) is 0 Å². The second-order valence-electron chi connectivity index (χ2n) is 9.01. The minimum Gasteiger partial charge on any atom is -0.376 e. The molecule has 0 aromatic heterocycles. The average molecular weight is 401 g/mol. The molecular formula is C24H33ClOSi. The van der Waals surface area contributed by atoms with Crippen molar-refractivity contribution in [2.45, 2.75) is 70.2 Å². The molecule has 1 atom stereocenters. The highest BCUT2D eigenvalue weighted by Gasteiger charge is 2.42. The van der Waals surface area contributed by atoms with Crippen LogP contribution in [0, 0.1) is 0 Å². The second-order valence-corrected chi connectivity index (χ2v) is 15.2. The molecule has 1 aliphatic rings. The smallest absolute Gasteiger partial charge is 0.165 e. The van der Waals surface area contributed by atoms with E-state index < -0.39 is 7.38 Å². The lowest BCUT2D eigenvalue weighted by Crippen LogP contribution is -2.32. The molecule has 0 aliphatic heterocycles. The first-order valence-electron chi connectivity index (χ1n) is 10.3. The second kappa shape index (κ2) is 8.51. The highest BCUT2D eigenvalue weighted by molar-refractivity contribution is 7.20. The zero-order chi connectivity index (χ0) is 19.5. The zero-order valence-corrected chi connectivity index (χ0v) is 19.0. The normalized spacial score (nSPS) is 16.0. The van der Waals surface area contributed by atoms with Crippen molar-refractivity contribution in [3.63, 3.8) is 0 Å². The van der Waals surface area contributed by atoms with Crippen LogP contribution in [0.2, 0.25) is 12.6 Å². The van der Waals surface area contributed by atoms with Gasteiger partial charge in [0.15, 0.2) is 7.38 Å². The topological polar surface area (TPSA) is 9.23 Å². The van der Waals surface area contributed by atoms with Gasteiger partial charge in [0.1, 0.15) is 0 Å². The Bertz CT molecular complexity index is 717. The lowest BCUT2D eigenvalue weighted by molar-refractivity contribution is -0.00471. The number of hydrogen-bond acceptors (Lipinski definition) is 1. The minimum atomic E-state index is -1.93. The van der Waals surface area contributed by atoms with Crippen LogP contribution >= 0.6 is 11.1 Å². The van der Waals surface area contributed by atoms with E-state index in [1.54, 1.807) is 0 Å². The summed E-state index contributed by atoms with van der Waals surface area (Å²) in [5.41, 5.74) is 6.05. The maximum atomic E-state index is 7.31. The Balaban J connectivity index is 1.59. The summed E-state index contributed by atoms with van der Waals surface area (Å²) >= 11 is 7.31. The highest BCUT2D eigenvalue weighted by atomic mass is 35.6. The molecule has 2 aromatic carbocycles. The average Bonchev–Trinajstić information content (AvgIpc) is 2.95. The van der Waals surface area contributed by atoms with Crippen LogP contribution in [0.5, 0.6) is 0 Å². The van der Waals surface area contributed by atoms with Gasteiger partial charge in [-0.1, -0.05) is 74.3 Å². The van der Waals surface area contributed by atoms with Gasteiger partial charge in [0.05, 0.1) is 5.60 Å². The molecule has 0 N–H and O–H groups in total. The number of fused-ring (bicyclic) bond motifs is 3. The summed E-state index contributed by atoms with van der Waals surface area (Å²) in [6.07, 6.45) is 4.85. The van der Waals surface area contributed by atoms with Crippen molar-refractivity contribution >= 4 is 18.5 Å². The molecule has 0 saturated carbocycles. The van der Waals surface area contributed by atoms with Crippen LogP contribution in [0.3, 0.4) is 0 Å². The maximum Gasteiger partial charge on any atom is 0.165 e. The summed E-state index contributed by atoms with van der Waals surface area (Å²) < 4.78 is 5.82. The molecule has 0 saturated heterocycles. The Morgan fingerprint density at radius 2 is 1.37 bits per heavy atom. The van der Waals surface area contributed by atoms with Gasteiger partial charge in [0, 0.05) is 12.1 Å². The quantitative estimate of drug-likeness (QED) is 0.253. The molecule has 2 aromatic rings. The van der Waals surface area contributed by atoms with Gasteiger partial charge < -0.3 is 4.74 Å². The number of rotatable bonds is 8. The van der Waals surface area contributed by atoms with Crippen LogP contribution in [0.15, 0.2) is 48.5 Å². The minimum absolute atomic E-state index is 0.0229. The molecule has 1 nitrogen and oxygen atoms in total. The molecule has 3 heteroatoms. The molecule has 0 bridgehead atoms. The van der Waals surface area contributed by atoms with Gasteiger partial charge in [-0.25, -0.2) is 0 Å². The number of ether oxygens (including phenoxy) is 1. The number of benzene rings is 2. The lowest BCUT2D eigenvalue weighted by atomic mass is 10.1. The van der Waals surface area contributed by atoms with E-state index in [1.165, 1.54) is 47.6 Å². The van der Waals surface area contributed by atoms with Crippen molar-refractivity contribution in [1.29, 1.82) is 0 Å². The van der Waals surface area contributed by atoms with Crippen LogP contribution in [-0.4, -0.2) is 19.6 Å². The molecule has 1 unspecified atom stereocenters. The van der Waals surface area contributed by atoms with Crippen LogP contribution in [0.25, 0.3) is 11.1 Å². The standard InChI is InChI=1S/C24H33ClOSi/c1-24(2,3)26-17-11-5-6-12-18-27(4,25)23-21-15-9-7-13-19(21)20-14-8-10-16-22(20)23/h7-10,13-16,23H,5-6,11-12,17-18H2,1-4H3. The molecule has 0 spiro atoms. The molecule has 0 heterocycles. The van der Waals surface area contributed by atoms with Crippen molar-refractivity contribution in [3.8, 4) is 11.1 Å². The van der Waals surface area contributed by atoms with E-state index in [4.69, 9.17) is 15.8 Å². The van der Waals surface area contributed by atoms with Crippen LogP contribution in [-0.2, 0) is 4.74 Å². The molecule has 3 rings (SSSR count). The van der Waals surface area contributed by atoms with E-state index in [-0.39, 0.29) is 5.60 Å². The summed E-state index contributed by atoms with van der Waals surface area (Å²) in [5.74, 6) is 0. The molecule has 0 fully saturated rings. The largest absolute Gasteiger partial charge is 0.376 e. The first-order chi connectivity index (χ1) is 12.8. The fourth-order valence-corrected chi connectivity index (χ4v) is 8.39. The van der Waals surface area contributed by atoms with E-state index in [9.17, 15) is 0 Å². The van der Waals surface area contributed by atoms with Crippen LogP contribution in [0.4, 0.5) is 0 Å². The highest BCUT2D eigenvalue weighted by Crippen LogP contribution is 2.51. The van der Waals surface area contributed by atoms with Gasteiger partial charge in [-0.15, -0.1) is 0 Å². The first-order valence-corrected chi connectivity index (χ1v) is 14.1. The van der Waals surface area contributed by atoms with E-state index in [0.29, 0.717) is 5.54 Å². The number of hydrogen-bond donors (Lipinski definition) is 0. The monoisotopic (exact) mass is 400 g/mol. The lowest BCUT2D eigenvalue weighted by Gasteiger charge is -2.28. The van der Waals surface area contributed by atoms with Gasteiger partial charge in [-0.3, -0.25) is 0 Å². The summed E-state index contributed by atoms with van der Waals surface area (Å²) in [4.78, 5) is 0. The molecule has 0 radical (unpaired) electrons. The summed E-state index contributed by atoms with van der Waals surface area (Å²) in [7, 11) is -1.93. The first kappa shape index (κ1) is 20.6. The maximum absolute atomic E-state index is 7.31. The predicted molar refractivity (Wildman–Crippen MR) is 120 cm³/mol. The Kier molecular flexibility index (Phi) is 6.50. The third kappa shape index (κ3) is 5.04. The van der Waals surface area contributed by atoms with E-state index in [0.717, 1.165) is 13.0 Å². The van der Waals surface area contributed by atoms with Gasteiger partial charge in [0.2, 0.25) is 0 Å². The predicted octanol–water partition coefficient (Wildman–Crippen LogP) is 7.53. The molecule has 0 amide bonds. The summed E-state index contributed by atoms with van der Waals surface area (Å²) in [5, 5.41) is 0. The van der Waals surface area contributed by atoms with E-state index in [2.05, 4.69) is 75.8 Å². The summed E-state index contributed by atoms with van der Waals surface area (Å²) in [6.45, 7) is 9.59. The van der Waals surface area contributed by atoms with Gasteiger partial charge in [-0.05, 0) is 55.5 Å². The van der Waals surface area contributed by atoms with Gasteiger partial charge in [-0.2, -0.15) is 11.1 Å². The van der Waals surface area contributed by atoms with Gasteiger partial charge >= 0.3 is 0 Å². The third-order valence-corrected chi connectivity index (χ3v) is 9.91. The zero-order valence-electron chi connectivity index (χ0n) is 17.2. The van der Waals surface area contributed by atoms with Crippen molar-refractivity contribution in [2.75, 3.05) is 6.61 Å². The van der Waals surface area contributed by atoms with E-state index >= 15 is 0 Å². The molecule has 27 heavy (non-hydrogen) atoms. The number of halogens is 1. The molecule has 1 aliphatic carbocycles. The number of unbranched alkanes of at least 4 members (excludes halogenated alkanes) is 3. The third-order valence-electron chi connectivity index (χ3n) is 5.53. The fourth-order valence-electron chi connectivity index (χ4n) is 4.25. The van der Waals surface area contributed by atoms with Crippen molar-refractivity contribution in [2.24, 2.45) is 0 Å². The molecular weight excluding hydrogens is 368 g/mol. The van der Waals surface area contributed by atoms with Crippen LogP contribution < -0.4 is 0 Å². The summed E-state index contributed by atoms with van der Waals surface area (Å²) in [6, 6.07) is 18.9. The SMILES string of the molecule is CC(C)(C)OCCCCCC[Si](C)(Cl)C1c2ccccc2-c2ccccc21. The van der Waals surface area contributed by atoms with Crippen LogP contribution in [0.1, 0.15) is 63.1 Å². The van der Waals surface area contributed by atoms with Crippen molar-refractivity contribution in [1.82, 2.24) is 0 Å². The fraction of sp³-hybridized carbons (Fsp3) is 0.500. The Hall–Kier alpha value is -1.09. The van der Waals surface area contributed by atoms with Crippen molar-refractivity contribution < 1.29 is 4.74 Å². The Morgan fingerprint density at radius 3 is 1.93 bits per heavy atom.